The maximum absolute atomic E-state index is 13.0. The number of aryl methyl sites for hydroxylation is 1. The Hall–Kier alpha value is -3.52. The Morgan fingerprint density at radius 2 is 1.83 bits per heavy atom. The Balaban J connectivity index is 1.91. The highest BCUT2D eigenvalue weighted by atomic mass is 16.6. The van der Waals surface area contributed by atoms with Crippen molar-refractivity contribution in [2.75, 3.05) is 26.3 Å². The first-order chi connectivity index (χ1) is 13.9. The second-order valence-electron chi connectivity index (χ2n) is 6.63. The summed E-state index contributed by atoms with van der Waals surface area (Å²) < 4.78 is 5.28. The number of non-ortho nitro benzene ring substituents is 1. The molecule has 1 saturated heterocycles. The number of carbonyl (C=O) groups excluding carboxylic acids is 2. The molecule has 1 aliphatic heterocycles. The smallest absolute Gasteiger partial charge is 0.270 e. The number of rotatable bonds is 5. The summed E-state index contributed by atoms with van der Waals surface area (Å²) in [6.07, 6.45) is 1.46. The van der Waals surface area contributed by atoms with E-state index in [0.717, 1.165) is 5.56 Å². The van der Waals surface area contributed by atoms with E-state index in [1.165, 1.54) is 24.3 Å². The molecule has 8 heteroatoms. The maximum Gasteiger partial charge on any atom is 0.270 e. The molecule has 2 aromatic carbocycles. The molecule has 0 spiro atoms. The van der Waals surface area contributed by atoms with E-state index in [0.29, 0.717) is 37.4 Å². The van der Waals surface area contributed by atoms with E-state index in [4.69, 9.17) is 4.74 Å². The lowest BCUT2D eigenvalue weighted by atomic mass is 10.1. The van der Waals surface area contributed by atoms with E-state index in [-0.39, 0.29) is 17.3 Å². The van der Waals surface area contributed by atoms with Crippen LogP contribution in [0.15, 0.2) is 54.2 Å². The van der Waals surface area contributed by atoms with Crippen molar-refractivity contribution in [2.24, 2.45) is 0 Å². The van der Waals surface area contributed by atoms with Crippen LogP contribution in [0.3, 0.4) is 0 Å². The van der Waals surface area contributed by atoms with Gasteiger partial charge in [-0.3, -0.25) is 19.7 Å². The molecule has 2 aromatic rings. The molecule has 1 fully saturated rings. The third-order valence-electron chi connectivity index (χ3n) is 4.48. The van der Waals surface area contributed by atoms with Gasteiger partial charge in [-0.15, -0.1) is 0 Å². The van der Waals surface area contributed by atoms with Crippen molar-refractivity contribution >= 4 is 23.6 Å². The van der Waals surface area contributed by atoms with E-state index in [2.05, 4.69) is 5.32 Å². The highest BCUT2D eigenvalue weighted by Gasteiger charge is 2.23. The van der Waals surface area contributed by atoms with Gasteiger partial charge in [-0.05, 0) is 30.7 Å². The van der Waals surface area contributed by atoms with Gasteiger partial charge < -0.3 is 15.0 Å². The number of hydrogen-bond donors (Lipinski definition) is 1. The van der Waals surface area contributed by atoms with Crippen molar-refractivity contribution in [3.05, 3.63) is 81.0 Å². The zero-order valence-corrected chi connectivity index (χ0v) is 16.0. The topological polar surface area (TPSA) is 102 Å². The largest absolute Gasteiger partial charge is 0.378 e. The van der Waals surface area contributed by atoms with Gasteiger partial charge in [0.1, 0.15) is 5.70 Å². The number of nitrogens with zero attached hydrogens (tertiary/aromatic N) is 2. The Kier molecular flexibility index (Phi) is 6.36. The van der Waals surface area contributed by atoms with Crippen LogP contribution < -0.4 is 5.32 Å². The molecule has 1 heterocycles. The molecule has 29 heavy (non-hydrogen) atoms. The molecule has 0 unspecified atom stereocenters. The molecule has 0 aliphatic carbocycles. The van der Waals surface area contributed by atoms with Crippen LogP contribution in [-0.2, 0) is 9.53 Å². The van der Waals surface area contributed by atoms with E-state index < -0.39 is 10.8 Å². The molecular weight excluding hydrogens is 374 g/mol. The second-order valence-corrected chi connectivity index (χ2v) is 6.63. The monoisotopic (exact) mass is 395 g/mol. The minimum absolute atomic E-state index is 0.0537. The van der Waals surface area contributed by atoms with Crippen LogP contribution in [0.4, 0.5) is 5.69 Å². The lowest BCUT2D eigenvalue weighted by Crippen LogP contribution is -2.44. The number of nitro benzene ring substituents is 1. The van der Waals surface area contributed by atoms with Crippen molar-refractivity contribution in [1.29, 1.82) is 0 Å². The summed E-state index contributed by atoms with van der Waals surface area (Å²) in [5.41, 5.74) is 1.83. The van der Waals surface area contributed by atoms with E-state index >= 15 is 0 Å². The molecule has 1 N–H and O–H groups in total. The normalized spacial score (nSPS) is 14.4. The number of carbonyl (C=O) groups is 2. The molecular formula is C21H21N3O5. The van der Waals surface area contributed by atoms with Gasteiger partial charge in [0, 0.05) is 30.8 Å². The third kappa shape index (κ3) is 5.26. The van der Waals surface area contributed by atoms with Crippen LogP contribution in [0.5, 0.6) is 0 Å². The summed E-state index contributed by atoms with van der Waals surface area (Å²) in [7, 11) is 0. The maximum atomic E-state index is 13.0. The molecule has 0 radical (unpaired) electrons. The van der Waals surface area contributed by atoms with Gasteiger partial charge in [-0.25, -0.2) is 0 Å². The van der Waals surface area contributed by atoms with E-state index in [1.54, 1.807) is 23.1 Å². The highest BCUT2D eigenvalue weighted by molar-refractivity contribution is 6.05. The summed E-state index contributed by atoms with van der Waals surface area (Å²) in [6.45, 7) is 3.57. The lowest BCUT2D eigenvalue weighted by Gasteiger charge is -2.27. The van der Waals surface area contributed by atoms with Crippen LogP contribution in [0.25, 0.3) is 6.08 Å². The van der Waals surface area contributed by atoms with Crippen LogP contribution in [0, 0.1) is 17.0 Å². The fraction of sp³-hybridized carbons (Fsp3) is 0.238. The fourth-order valence-electron chi connectivity index (χ4n) is 2.88. The van der Waals surface area contributed by atoms with Gasteiger partial charge in [-0.1, -0.05) is 29.8 Å². The van der Waals surface area contributed by atoms with E-state index in [9.17, 15) is 19.7 Å². The van der Waals surface area contributed by atoms with Crippen molar-refractivity contribution in [3.8, 4) is 0 Å². The van der Waals surface area contributed by atoms with Crippen LogP contribution in [0.1, 0.15) is 21.5 Å². The number of hydrogen-bond acceptors (Lipinski definition) is 5. The molecule has 0 bridgehead atoms. The van der Waals surface area contributed by atoms with Gasteiger partial charge in [0.15, 0.2) is 0 Å². The van der Waals surface area contributed by atoms with E-state index in [1.807, 2.05) is 19.1 Å². The van der Waals surface area contributed by atoms with Gasteiger partial charge in [-0.2, -0.15) is 0 Å². The predicted molar refractivity (Wildman–Crippen MR) is 107 cm³/mol. The number of morpholine rings is 1. The molecule has 3 rings (SSSR count). The first-order valence-electron chi connectivity index (χ1n) is 9.15. The average molecular weight is 395 g/mol. The number of benzene rings is 2. The first kappa shape index (κ1) is 20.2. The fourth-order valence-corrected chi connectivity index (χ4v) is 2.88. The molecule has 0 atom stereocenters. The Morgan fingerprint density at radius 3 is 2.48 bits per heavy atom. The molecule has 2 amide bonds. The minimum Gasteiger partial charge on any atom is -0.378 e. The molecule has 1 aliphatic rings. The summed E-state index contributed by atoms with van der Waals surface area (Å²) in [5.74, 6) is -0.788. The van der Waals surface area contributed by atoms with Crippen molar-refractivity contribution in [2.45, 2.75) is 6.92 Å². The van der Waals surface area contributed by atoms with Gasteiger partial charge in [0.2, 0.25) is 0 Å². The number of ether oxygens (including phenoxy) is 1. The number of amides is 2. The van der Waals surface area contributed by atoms with Crippen molar-refractivity contribution < 1.29 is 19.2 Å². The molecule has 8 nitrogen and oxygen atoms in total. The predicted octanol–water partition coefficient (Wildman–Crippen LogP) is 2.53. The van der Waals surface area contributed by atoms with Gasteiger partial charge in [0.25, 0.3) is 17.5 Å². The highest BCUT2D eigenvalue weighted by Crippen LogP contribution is 2.17. The Morgan fingerprint density at radius 1 is 1.14 bits per heavy atom. The first-order valence-corrected chi connectivity index (χ1v) is 9.15. The van der Waals surface area contributed by atoms with Crippen molar-refractivity contribution in [3.63, 3.8) is 0 Å². The lowest BCUT2D eigenvalue weighted by molar-refractivity contribution is -0.384. The van der Waals surface area contributed by atoms with Crippen LogP contribution in [-0.4, -0.2) is 47.9 Å². The van der Waals surface area contributed by atoms with Gasteiger partial charge in [0.05, 0.1) is 18.1 Å². The number of nitrogens with one attached hydrogen (secondary N) is 1. The standard InChI is InChI=1S/C21H21N3O5/c1-15-5-7-17(8-6-15)20(25)22-19(21(26)23-9-11-29-12-10-23)14-16-3-2-4-18(13-16)24(27)28/h2-8,13-14H,9-12H2,1H3,(H,22,25)/b19-14+. The number of nitro groups is 1. The Labute approximate surface area is 167 Å². The SMILES string of the molecule is Cc1ccc(C(=O)N/C(=C/c2cccc([N+](=O)[O-])c2)C(=O)N2CCOCC2)cc1. The molecule has 0 aromatic heterocycles. The molecule has 150 valence electrons. The average Bonchev–Trinajstić information content (AvgIpc) is 2.74. The quantitative estimate of drug-likeness (QED) is 0.476. The summed E-state index contributed by atoms with van der Waals surface area (Å²) in [5, 5.41) is 13.7. The third-order valence-corrected chi connectivity index (χ3v) is 4.48. The van der Waals surface area contributed by atoms with Crippen LogP contribution in [0.2, 0.25) is 0 Å². The van der Waals surface area contributed by atoms with Crippen LogP contribution >= 0.6 is 0 Å². The summed E-state index contributed by atoms with van der Waals surface area (Å²) >= 11 is 0. The Bertz CT molecular complexity index is 947. The molecule has 0 saturated carbocycles. The zero-order valence-electron chi connectivity index (χ0n) is 16.0. The minimum atomic E-state index is -0.508. The summed E-state index contributed by atoms with van der Waals surface area (Å²) in [4.78, 5) is 37.8. The summed E-state index contributed by atoms with van der Waals surface area (Å²) in [6, 6.07) is 12.9. The van der Waals surface area contributed by atoms with Crippen molar-refractivity contribution in [1.82, 2.24) is 10.2 Å². The van der Waals surface area contributed by atoms with Gasteiger partial charge >= 0.3 is 0 Å². The zero-order chi connectivity index (χ0) is 20.8. The second kappa shape index (κ2) is 9.11.